The Bertz CT molecular complexity index is 1180. The average molecular weight is 492 g/mol. The maximum Gasteiger partial charge on any atom is 0.416 e. The van der Waals surface area contributed by atoms with Crippen molar-refractivity contribution in [3.63, 3.8) is 0 Å². The van der Waals surface area contributed by atoms with Gasteiger partial charge in [0.15, 0.2) is 5.78 Å². The number of nitrogens with two attached hydrogens (primary N) is 1. The van der Waals surface area contributed by atoms with Crippen molar-refractivity contribution in [1.82, 2.24) is 0 Å². The van der Waals surface area contributed by atoms with Gasteiger partial charge in [-0.1, -0.05) is 31.5 Å². The number of hydrogen-bond acceptors (Lipinski definition) is 4. The molecule has 0 spiro atoms. The molecular weight excluding hydrogens is 463 g/mol. The molecule has 0 aliphatic carbocycles. The monoisotopic (exact) mass is 491 g/mol. The number of halogens is 3. The van der Waals surface area contributed by atoms with Crippen LogP contribution >= 0.6 is 11.3 Å². The molecule has 0 atom stereocenters. The fraction of sp³-hybridized carbons (Fsp3) is 0.385. The number of aliphatic carboxylic acids is 1. The van der Waals surface area contributed by atoms with Crippen molar-refractivity contribution >= 4 is 33.2 Å². The molecule has 34 heavy (non-hydrogen) atoms. The Morgan fingerprint density at radius 2 is 1.76 bits per heavy atom. The van der Waals surface area contributed by atoms with E-state index in [9.17, 15) is 22.8 Å². The van der Waals surface area contributed by atoms with E-state index >= 15 is 0 Å². The topological polar surface area (TPSA) is 80.4 Å². The Morgan fingerprint density at radius 1 is 1.00 bits per heavy atom. The van der Waals surface area contributed by atoms with Crippen LogP contribution in [0, 0.1) is 0 Å². The van der Waals surface area contributed by atoms with Crippen LogP contribution in [0.5, 0.6) is 0 Å². The minimum absolute atomic E-state index is 0.0111. The lowest BCUT2D eigenvalue weighted by atomic mass is 9.96. The number of unbranched alkanes of at least 4 members (excludes halogenated alkanes) is 1. The maximum atomic E-state index is 13.2. The fourth-order valence-corrected chi connectivity index (χ4v) is 5.34. The van der Waals surface area contributed by atoms with Crippen molar-refractivity contribution in [3.05, 3.63) is 69.1 Å². The molecule has 3 aromatic rings. The molecule has 0 saturated heterocycles. The molecule has 3 rings (SSSR count). The van der Waals surface area contributed by atoms with Crippen LogP contribution in [-0.2, 0) is 36.8 Å². The first kappa shape index (κ1) is 25.9. The second-order valence-electron chi connectivity index (χ2n) is 8.32. The summed E-state index contributed by atoms with van der Waals surface area (Å²) in [6.45, 7) is 2.27. The van der Waals surface area contributed by atoms with Crippen LogP contribution in [0.3, 0.4) is 0 Å². The van der Waals surface area contributed by atoms with Crippen LogP contribution in [-0.4, -0.2) is 16.9 Å². The van der Waals surface area contributed by atoms with E-state index in [1.807, 2.05) is 0 Å². The number of carboxylic acid groups (broad SMARTS) is 1. The SMILES string of the molecule is CCCCc1c(CCC(=O)c2ccc(CCC(=O)O)c(CN)c2)sc2cc(C(F)(F)F)ccc12. The van der Waals surface area contributed by atoms with Gasteiger partial charge in [0, 0.05) is 34.5 Å². The Labute approximate surface area is 200 Å². The van der Waals surface area contributed by atoms with E-state index in [0.29, 0.717) is 23.1 Å². The molecule has 0 aliphatic rings. The highest BCUT2D eigenvalue weighted by molar-refractivity contribution is 7.19. The number of carboxylic acids is 1. The first-order valence-corrected chi connectivity index (χ1v) is 12.1. The van der Waals surface area contributed by atoms with Crippen LogP contribution in [0.25, 0.3) is 10.1 Å². The van der Waals surface area contributed by atoms with Gasteiger partial charge >= 0.3 is 12.1 Å². The van der Waals surface area contributed by atoms with Gasteiger partial charge < -0.3 is 10.8 Å². The minimum atomic E-state index is -4.39. The van der Waals surface area contributed by atoms with E-state index < -0.39 is 17.7 Å². The molecular formula is C26H28F3NO3S. The number of Topliss-reactive ketones (excluding diaryl/α,β-unsaturated/α-hetero) is 1. The summed E-state index contributed by atoms with van der Waals surface area (Å²) in [5.74, 6) is -0.970. The summed E-state index contributed by atoms with van der Waals surface area (Å²) in [5, 5.41) is 9.74. The molecule has 1 aromatic heterocycles. The highest BCUT2D eigenvalue weighted by atomic mass is 32.1. The average Bonchev–Trinajstić information content (AvgIpc) is 3.15. The molecule has 0 fully saturated rings. The zero-order valence-corrected chi connectivity index (χ0v) is 19.8. The van der Waals surface area contributed by atoms with Gasteiger partial charge in [0.25, 0.3) is 0 Å². The summed E-state index contributed by atoms with van der Waals surface area (Å²) in [7, 11) is 0. The Hall–Kier alpha value is -2.71. The summed E-state index contributed by atoms with van der Waals surface area (Å²) < 4.78 is 40.1. The van der Waals surface area contributed by atoms with Crippen molar-refractivity contribution in [2.75, 3.05) is 0 Å². The number of carbonyl (C=O) groups excluding carboxylic acids is 1. The van der Waals surface area contributed by atoms with Gasteiger partial charge in [-0.3, -0.25) is 9.59 Å². The van der Waals surface area contributed by atoms with Crippen molar-refractivity contribution < 1.29 is 27.9 Å². The number of benzene rings is 2. The standard InChI is InChI=1S/C26H28F3NO3S/c1-2-3-4-20-21-9-8-19(26(27,28)29)14-24(21)34-23(20)11-10-22(31)17-6-5-16(7-12-25(32)33)18(13-17)15-30/h5-6,8-9,13-14H,2-4,7,10-12,15,30H2,1H3,(H,32,33). The predicted molar refractivity (Wildman–Crippen MR) is 128 cm³/mol. The van der Waals surface area contributed by atoms with Gasteiger partial charge in [-0.2, -0.15) is 13.2 Å². The molecule has 2 aromatic carbocycles. The van der Waals surface area contributed by atoms with Gasteiger partial charge in [-0.15, -0.1) is 11.3 Å². The summed E-state index contributed by atoms with van der Waals surface area (Å²) >= 11 is 1.33. The first-order valence-electron chi connectivity index (χ1n) is 11.3. The highest BCUT2D eigenvalue weighted by Gasteiger charge is 2.31. The third kappa shape index (κ3) is 6.24. The van der Waals surface area contributed by atoms with Gasteiger partial charge in [0.05, 0.1) is 5.56 Å². The first-order chi connectivity index (χ1) is 16.1. The molecule has 4 nitrogen and oxygen atoms in total. The number of alkyl halides is 3. The Kier molecular flexibility index (Phi) is 8.49. The lowest BCUT2D eigenvalue weighted by molar-refractivity contribution is -0.138. The molecule has 0 aliphatic heterocycles. The van der Waals surface area contributed by atoms with E-state index in [1.54, 1.807) is 24.3 Å². The summed E-state index contributed by atoms with van der Waals surface area (Å²) in [4.78, 5) is 24.7. The van der Waals surface area contributed by atoms with Gasteiger partial charge in [-0.05, 0) is 66.0 Å². The smallest absolute Gasteiger partial charge is 0.416 e. The van der Waals surface area contributed by atoms with Gasteiger partial charge in [0.1, 0.15) is 0 Å². The van der Waals surface area contributed by atoms with Gasteiger partial charge in [-0.25, -0.2) is 0 Å². The zero-order chi connectivity index (χ0) is 24.9. The quantitative estimate of drug-likeness (QED) is 0.298. The normalized spacial score (nSPS) is 11.8. The lowest BCUT2D eigenvalue weighted by Crippen LogP contribution is -2.08. The molecule has 3 N–H and O–H groups in total. The summed E-state index contributed by atoms with van der Waals surface area (Å²) in [6, 6.07) is 9.04. The third-order valence-electron chi connectivity index (χ3n) is 5.92. The van der Waals surface area contributed by atoms with Crippen molar-refractivity contribution in [1.29, 1.82) is 0 Å². The van der Waals surface area contributed by atoms with Crippen LogP contribution < -0.4 is 5.73 Å². The molecule has 1 heterocycles. The molecule has 0 radical (unpaired) electrons. The second kappa shape index (κ2) is 11.1. The van der Waals surface area contributed by atoms with E-state index in [-0.39, 0.29) is 25.2 Å². The van der Waals surface area contributed by atoms with E-state index in [2.05, 4.69) is 6.92 Å². The number of ketones is 1. The number of carbonyl (C=O) groups is 2. The molecule has 0 unspecified atom stereocenters. The van der Waals surface area contributed by atoms with Crippen molar-refractivity contribution in [2.45, 2.75) is 64.6 Å². The number of hydrogen-bond donors (Lipinski definition) is 2. The summed E-state index contributed by atoms with van der Waals surface area (Å²) in [6.07, 6.45) is -0.719. The van der Waals surface area contributed by atoms with E-state index in [1.165, 1.54) is 17.4 Å². The number of aryl methyl sites for hydroxylation is 3. The van der Waals surface area contributed by atoms with E-state index in [0.717, 1.165) is 52.3 Å². The molecule has 0 amide bonds. The predicted octanol–water partition coefficient (Wildman–Crippen LogP) is 6.55. The van der Waals surface area contributed by atoms with Crippen molar-refractivity contribution in [3.8, 4) is 0 Å². The van der Waals surface area contributed by atoms with Crippen LogP contribution in [0.15, 0.2) is 36.4 Å². The Morgan fingerprint density at radius 3 is 2.41 bits per heavy atom. The third-order valence-corrected chi connectivity index (χ3v) is 7.17. The van der Waals surface area contributed by atoms with E-state index in [4.69, 9.17) is 10.8 Å². The number of rotatable bonds is 11. The largest absolute Gasteiger partial charge is 0.481 e. The zero-order valence-electron chi connectivity index (χ0n) is 19.0. The lowest BCUT2D eigenvalue weighted by Gasteiger charge is -2.10. The van der Waals surface area contributed by atoms with Gasteiger partial charge in [0.2, 0.25) is 0 Å². The minimum Gasteiger partial charge on any atom is -0.481 e. The molecule has 182 valence electrons. The summed E-state index contributed by atoms with van der Waals surface area (Å²) in [5.41, 5.74) is 8.25. The van der Waals surface area contributed by atoms with Crippen LogP contribution in [0.4, 0.5) is 13.2 Å². The second-order valence-corrected chi connectivity index (χ2v) is 9.46. The van der Waals surface area contributed by atoms with Crippen molar-refractivity contribution in [2.24, 2.45) is 5.73 Å². The molecule has 0 bridgehead atoms. The molecule has 0 saturated carbocycles. The van der Waals surface area contributed by atoms with Crippen LogP contribution in [0.1, 0.15) is 70.1 Å². The van der Waals surface area contributed by atoms with Crippen LogP contribution in [0.2, 0.25) is 0 Å². The maximum absolute atomic E-state index is 13.2. The fourth-order valence-electron chi connectivity index (χ4n) is 4.05. The molecule has 8 heteroatoms. The number of fused-ring (bicyclic) bond motifs is 1. The Balaban J connectivity index is 1.82. The number of thiophene rings is 1. The highest BCUT2D eigenvalue weighted by Crippen LogP contribution is 2.38.